The molecule has 0 atom stereocenters. The molecule has 0 saturated heterocycles. The Balaban J connectivity index is 2.11. The second kappa shape index (κ2) is 4.04. The van der Waals surface area contributed by atoms with Crippen molar-refractivity contribution in [3.63, 3.8) is 0 Å². The van der Waals surface area contributed by atoms with E-state index < -0.39 is 17.3 Å². The molecule has 2 rings (SSSR count). The third kappa shape index (κ3) is 2.04. The zero-order valence-electron chi connectivity index (χ0n) is 8.37. The maximum Gasteiger partial charge on any atom is 0.319 e. The first-order valence-corrected chi connectivity index (χ1v) is 5.93. The predicted octanol–water partition coefficient (Wildman–Crippen LogP) is 2.09. The summed E-state index contributed by atoms with van der Waals surface area (Å²) in [5.74, 6) is -1.45. The fraction of sp³-hybridized carbons (Fsp3) is 0.273. The van der Waals surface area contributed by atoms with E-state index in [-0.39, 0.29) is 0 Å². The molecule has 0 aromatic heterocycles. The summed E-state index contributed by atoms with van der Waals surface area (Å²) in [6.45, 7) is 0. The third-order valence-corrected chi connectivity index (χ3v) is 3.35. The number of rotatable bonds is 3. The highest BCUT2D eigenvalue weighted by Crippen LogP contribution is 2.46. The molecule has 1 aliphatic rings. The zero-order valence-corrected chi connectivity index (χ0v) is 10.5. The highest BCUT2D eigenvalue weighted by atomic mass is 127. The van der Waals surface area contributed by atoms with Gasteiger partial charge in [0.25, 0.3) is 0 Å². The normalized spacial score (nSPS) is 16.6. The monoisotopic (exact) mass is 331 g/mol. The Labute approximate surface area is 106 Å². The number of anilines is 1. The molecule has 1 amide bonds. The molecule has 16 heavy (non-hydrogen) atoms. The summed E-state index contributed by atoms with van der Waals surface area (Å²) in [5, 5.41) is 11.6. The lowest BCUT2D eigenvalue weighted by atomic mass is 10.1. The molecular weight excluding hydrogens is 321 g/mol. The smallest absolute Gasteiger partial charge is 0.319 e. The lowest BCUT2D eigenvalue weighted by Crippen LogP contribution is -2.31. The van der Waals surface area contributed by atoms with E-state index in [2.05, 4.69) is 27.9 Å². The lowest BCUT2D eigenvalue weighted by molar-refractivity contribution is -0.147. The van der Waals surface area contributed by atoms with E-state index in [0.29, 0.717) is 18.5 Å². The van der Waals surface area contributed by atoms with Gasteiger partial charge in [-0.3, -0.25) is 9.59 Å². The maximum absolute atomic E-state index is 11.8. The van der Waals surface area contributed by atoms with Crippen LogP contribution in [0.25, 0.3) is 0 Å². The Hall–Kier alpha value is -1.11. The first-order chi connectivity index (χ1) is 7.54. The first kappa shape index (κ1) is 11.4. The van der Waals surface area contributed by atoms with Crippen LogP contribution in [0.15, 0.2) is 24.3 Å². The molecule has 5 heteroatoms. The van der Waals surface area contributed by atoms with Gasteiger partial charge in [-0.15, -0.1) is 0 Å². The van der Waals surface area contributed by atoms with Crippen LogP contribution in [0, 0.1) is 8.99 Å². The Morgan fingerprint density at radius 2 is 2.06 bits per heavy atom. The maximum atomic E-state index is 11.8. The minimum atomic E-state index is -1.18. The second-order valence-electron chi connectivity index (χ2n) is 3.85. The second-order valence-corrected chi connectivity index (χ2v) is 5.10. The van der Waals surface area contributed by atoms with Crippen molar-refractivity contribution in [2.24, 2.45) is 5.41 Å². The van der Waals surface area contributed by atoms with Gasteiger partial charge >= 0.3 is 5.97 Å². The molecule has 0 bridgehead atoms. The molecule has 1 aromatic rings. The van der Waals surface area contributed by atoms with Crippen LogP contribution in [0.4, 0.5) is 5.69 Å². The summed E-state index contributed by atoms with van der Waals surface area (Å²) in [4.78, 5) is 22.7. The number of carbonyl (C=O) groups excluding carboxylic acids is 1. The van der Waals surface area contributed by atoms with Crippen LogP contribution in [0.5, 0.6) is 0 Å². The summed E-state index contributed by atoms with van der Waals surface area (Å²) < 4.78 is 0.996. The van der Waals surface area contributed by atoms with Gasteiger partial charge in [0.05, 0.1) is 0 Å². The van der Waals surface area contributed by atoms with Gasteiger partial charge in [0.2, 0.25) is 5.91 Å². The Morgan fingerprint density at radius 3 is 2.56 bits per heavy atom. The minimum Gasteiger partial charge on any atom is -0.480 e. The van der Waals surface area contributed by atoms with Crippen molar-refractivity contribution < 1.29 is 14.7 Å². The summed E-state index contributed by atoms with van der Waals surface area (Å²) in [6, 6.07) is 7.27. The number of hydrogen-bond donors (Lipinski definition) is 2. The molecule has 4 nitrogen and oxygen atoms in total. The third-order valence-electron chi connectivity index (χ3n) is 2.68. The Kier molecular flexibility index (Phi) is 2.88. The van der Waals surface area contributed by atoms with Crippen LogP contribution < -0.4 is 5.32 Å². The predicted molar refractivity (Wildman–Crippen MR) is 67.1 cm³/mol. The molecule has 2 N–H and O–H groups in total. The van der Waals surface area contributed by atoms with Gasteiger partial charge in [0.1, 0.15) is 5.41 Å². The van der Waals surface area contributed by atoms with Crippen LogP contribution in [-0.2, 0) is 9.59 Å². The molecule has 0 spiro atoms. The summed E-state index contributed by atoms with van der Waals surface area (Å²) in [7, 11) is 0. The number of halogens is 1. The van der Waals surface area contributed by atoms with E-state index in [9.17, 15) is 9.59 Å². The molecule has 1 fully saturated rings. The van der Waals surface area contributed by atoms with Crippen molar-refractivity contribution in [3.8, 4) is 0 Å². The number of amides is 1. The van der Waals surface area contributed by atoms with Crippen molar-refractivity contribution in [3.05, 3.63) is 27.8 Å². The number of aliphatic carboxylic acids is 1. The summed E-state index contributed by atoms with van der Waals surface area (Å²) in [5.41, 5.74) is -0.536. The molecule has 1 aliphatic carbocycles. The quantitative estimate of drug-likeness (QED) is 0.658. The van der Waals surface area contributed by atoms with Crippen LogP contribution in [0.3, 0.4) is 0 Å². The summed E-state index contributed by atoms with van der Waals surface area (Å²) in [6.07, 6.45) is 0.857. The number of carbonyl (C=O) groups is 2. The fourth-order valence-electron chi connectivity index (χ4n) is 1.48. The highest BCUT2D eigenvalue weighted by Gasteiger charge is 2.57. The molecule has 0 unspecified atom stereocenters. The largest absolute Gasteiger partial charge is 0.480 e. The van der Waals surface area contributed by atoms with E-state index in [0.717, 1.165) is 3.57 Å². The van der Waals surface area contributed by atoms with E-state index in [4.69, 9.17) is 5.11 Å². The van der Waals surface area contributed by atoms with Crippen molar-refractivity contribution in [2.45, 2.75) is 12.8 Å². The number of carboxylic acid groups (broad SMARTS) is 1. The first-order valence-electron chi connectivity index (χ1n) is 4.85. The Morgan fingerprint density at radius 1 is 1.38 bits per heavy atom. The average Bonchev–Trinajstić information content (AvgIpc) is 2.97. The average molecular weight is 331 g/mol. The number of nitrogens with one attached hydrogen (secondary N) is 1. The van der Waals surface area contributed by atoms with Crippen LogP contribution in [-0.4, -0.2) is 17.0 Å². The van der Waals surface area contributed by atoms with Crippen LogP contribution in [0.2, 0.25) is 0 Å². The molecule has 84 valence electrons. The van der Waals surface area contributed by atoms with Gasteiger partial charge < -0.3 is 10.4 Å². The van der Waals surface area contributed by atoms with Gasteiger partial charge in [-0.25, -0.2) is 0 Å². The zero-order chi connectivity index (χ0) is 11.8. The fourth-order valence-corrected chi connectivity index (χ4v) is 2.02. The van der Waals surface area contributed by atoms with E-state index in [1.54, 1.807) is 12.1 Å². The van der Waals surface area contributed by atoms with Gasteiger partial charge in [-0.2, -0.15) is 0 Å². The number of hydrogen-bond acceptors (Lipinski definition) is 2. The molecule has 0 heterocycles. The Bertz CT molecular complexity index is 454. The molecule has 0 aliphatic heterocycles. The number of carboxylic acids is 1. The molecule has 1 saturated carbocycles. The van der Waals surface area contributed by atoms with Crippen molar-refractivity contribution in [1.29, 1.82) is 0 Å². The highest BCUT2D eigenvalue weighted by molar-refractivity contribution is 14.1. The lowest BCUT2D eigenvalue weighted by Gasteiger charge is -2.10. The van der Waals surface area contributed by atoms with Crippen LogP contribution >= 0.6 is 22.6 Å². The van der Waals surface area contributed by atoms with E-state index in [1.165, 1.54) is 0 Å². The van der Waals surface area contributed by atoms with Gasteiger partial charge in [-0.05, 0) is 53.6 Å². The van der Waals surface area contributed by atoms with Gasteiger partial charge in [0, 0.05) is 9.26 Å². The van der Waals surface area contributed by atoms with Gasteiger partial charge in [0.15, 0.2) is 0 Å². The molecule has 0 radical (unpaired) electrons. The standard InChI is InChI=1S/C11H10INO3/c12-7-2-1-3-8(6-7)13-9(14)11(4-5-11)10(15)16/h1-3,6H,4-5H2,(H,13,14)(H,15,16). The number of benzene rings is 1. The van der Waals surface area contributed by atoms with Crippen LogP contribution in [0.1, 0.15) is 12.8 Å². The molecule has 1 aromatic carbocycles. The van der Waals surface area contributed by atoms with E-state index in [1.807, 2.05) is 12.1 Å². The minimum absolute atomic E-state index is 0.415. The van der Waals surface area contributed by atoms with Crippen molar-refractivity contribution in [2.75, 3.05) is 5.32 Å². The molecular formula is C11H10INO3. The van der Waals surface area contributed by atoms with Crippen molar-refractivity contribution in [1.82, 2.24) is 0 Å². The van der Waals surface area contributed by atoms with E-state index >= 15 is 0 Å². The SMILES string of the molecule is O=C(O)C1(C(=O)Nc2cccc(I)c2)CC1. The van der Waals surface area contributed by atoms with Gasteiger partial charge in [-0.1, -0.05) is 6.07 Å². The van der Waals surface area contributed by atoms with Crippen molar-refractivity contribution >= 4 is 40.2 Å². The topological polar surface area (TPSA) is 66.4 Å². The summed E-state index contributed by atoms with van der Waals surface area (Å²) >= 11 is 2.13.